The zero-order valence-electron chi connectivity index (χ0n) is 29.6. The van der Waals surface area contributed by atoms with E-state index in [0.717, 1.165) is 4.90 Å². The Kier molecular flexibility index (Phi) is 18.2. The summed E-state index contributed by atoms with van der Waals surface area (Å²) in [5.74, 6) is -4.42. The Morgan fingerprint density at radius 2 is 1.43 bits per heavy atom. The van der Waals surface area contributed by atoms with Gasteiger partial charge >= 0.3 is 11.9 Å². The lowest BCUT2D eigenvalue weighted by atomic mass is 9.91. The van der Waals surface area contributed by atoms with Crippen molar-refractivity contribution in [3.63, 3.8) is 0 Å². The molecule has 1 aromatic rings. The van der Waals surface area contributed by atoms with Gasteiger partial charge < -0.3 is 59.1 Å². The van der Waals surface area contributed by atoms with Crippen molar-refractivity contribution in [2.75, 3.05) is 71.3 Å². The van der Waals surface area contributed by atoms with Gasteiger partial charge in [-0.2, -0.15) is 0 Å². The summed E-state index contributed by atoms with van der Waals surface area (Å²) in [5.41, 5.74) is 0.556. The number of aliphatic hydroxyl groups excluding tert-OH is 2. The lowest BCUT2D eigenvalue weighted by Gasteiger charge is -2.39. The summed E-state index contributed by atoms with van der Waals surface area (Å²) in [5, 5.41) is 35.6. The van der Waals surface area contributed by atoms with E-state index in [9.17, 15) is 44.1 Å². The second-order valence-electron chi connectivity index (χ2n) is 11.8. The highest BCUT2D eigenvalue weighted by Crippen LogP contribution is 2.32. The zero-order valence-corrected chi connectivity index (χ0v) is 29.6. The maximum absolute atomic E-state index is 12.8. The highest BCUT2D eigenvalue weighted by molar-refractivity contribution is 6.12. The first kappa shape index (κ1) is 42.9. The Hall–Kier alpha value is -4.50. The monoisotopic (exact) mass is 753 g/mol. The molecule has 5 N–H and O–H groups in total. The van der Waals surface area contributed by atoms with Crippen molar-refractivity contribution in [3.05, 3.63) is 35.9 Å². The summed E-state index contributed by atoms with van der Waals surface area (Å²) >= 11 is 0. The fraction of sp³-hybridized carbons (Fsp3) is 0.588. The minimum absolute atomic E-state index is 0.00770. The van der Waals surface area contributed by atoms with E-state index in [4.69, 9.17) is 33.2 Å². The molecule has 53 heavy (non-hydrogen) atoms. The van der Waals surface area contributed by atoms with Gasteiger partial charge in [-0.1, -0.05) is 13.0 Å². The third-order valence-electron chi connectivity index (χ3n) is 7.80. The average Bonchev–Trinajstić information content (AvgIpc) is 3.44. The third kappa shape index (κ3) is 14.8. The molecule has 294 valence electrons. The van der Waals surface area contributed by atoms with Gasteiger partial charge in [0.2, 0.25) is 18.1 Å². The van der Waals surface area contributed by atoms with E-state index >= 15 is 0 Å². The van der Waals surface area contributed by atoms with Crippen molar-refractivity contribution in [3.8, 4) is 5.75 Å². The molecule has 4 amide bonds. The number of hydrogen-bond donors (Lipinski definition) is 5. The number of imide groups is 1. The van der Waals surface area contributed by atoms with Crippen LogP contribution in [0.3, 0.4) is 0 Å². The smallest absolute Gasteiger partial charge is 0.333 e. The van der Waals surface area contributed by atoms with Crippen molar-refractivity contribution >= 4 is 41.3 Å². The van der Waals surface area contributed by atoms with E-state index in [0.29, 0.717) is 32.0 Å². The molecule has 0 bridgehead atoms. The number of benzene rings is 1. The number of nitrogens with one attached hydrogen (secondary N) is 2. The van der Waals surface area contributed by atoms with Crippen LogP contribution in [0.4, 0.5) is 5.69 Å². The quantitative estimate of drug-likeness (QED) is 0.0488. The molecule has 0 aromatic heterocycles. The number of anilines is 1. The Morgan fingerprint density at radius 1 is 0.830 bits per heavy atom. The van der Waals surface area contributed by atoms with E-state index < -0.39 is 48.4 Å². The fourth-order valence-corrected chi connectivity index (χ4v) is 4.91. The zero-order chi connectivity index (χ0) is 38.8. The minimum Gasteiger partial charge on any atom is -0.479 e. The maximum Gasteiger partial charge on any atom is 0.333 e. The van der Waals surface area contributed by atoms with Crippen LogP contribution in [0.15, 0.2) is 30.4 Å². The summed E-state index contributed by atoms with van der Waals surface area (Å²) in [4.78, 5) is 71.9. The summed E-state index contributed by atoms with van der Waals surface area (Å²) < 4.78 is 37.7. The predicted octanol–water partition coefficient (Wildman–Crippen LogP) is -0.878. The van der Waals surface area contributed by atoms with Gasteiger partial charge in [0.1, 0.15) is 18.5 Å². The number of aliphatic hydroxyl groups is 2. The van der Waals surface area contributed by atoms with Crippen LogP contribution in [0.2, 0.25) is 0 Å². The van der Waals surface area contributed by atoms with Crippen molar-refractivity contribution in [2.45, 2.75) is 57.9 Å². The summed E-state index contributed by atoms with van der Waals surface area (Å²) in [6.07, 6.45) is -3.79. The van der Waals surface area contributed by atoms with Gasteiger partial charge in [0.05, 0.1) is 71.2 Å². The molecular formula is C34H47N3O16. The number of ether oxygens (including phenoxy) is 7. The molecule has 1 saturated heterocycles. The first-order valence-corrected chi connectivity index (χ1v) is 17.0. The number of amides is 4. The van der Waals surface area contributed by atoms with Gasteiger partial charge in [-0.15, -0.1) is 0 Å². The van der Waals surface area contributed by atoms with Crippen molar-refractivity contribution in [2.24, 2.45) is 5.92 Å². The standard InChI is InChI=1S/C34H47N3O16/c1-21-30(43)31(44)34(53-32(21)33(45)46)52-25-4-3-23(20-51-22(2)38)19-24(25)36-27(40)7-9-35-26(39)8-11-47-13-15-49-17-18-50-16-14-48-12-10-37-28(41)5-6-29(37)42/h3-6,19,21,30-32,34,43-44H,7-18,20H2,1-2H3,(H,35,39)(H,36,40)(H,45,46)/t21?,30-,31+,32-,34+/m0/s1. The molecule has 1 unspecified atom stereocenters. The molecule has 0 saturated carbocycles. The highest BCUT2D eigenvalue weighted by atomic mass is 16.7. The van der Waals surface area contributed by atoms with E-state index in [1.807, 2.05) is 0 Å². The van der Waals surface area contributed by atoms with Crippen molar-refractivity contribution in [1.29, 1.82) is 0 Å². The Morgan fingerprint density at radius 3 is 2.04 bits per heavy atom. The number of rotatable bonds is 24. The summed E-state index contributed by atoms with van der Waals surface area (Å²) in [6, 6.07) is 4.37. The highest BCUT2D eigenvalue weighted by Gasteiger charge is 2.46. The SMILES string of the molecule is CC(=O)OCc1ccc(O[C@@H]2O[C@H](C(=O)O)C(C)[C@H](O)[C@H]2O)c(NC(=O)CCNC(=O)CCOCCOCCOCCOCCN2C(=O)C=CC2=O)c1. The molecule has 3 rings (SSSR count). The molecule has 0 spiro atoms. The molecule has 19 heteroatoms. The van der Waals surface area contributed by atoms with Crippen LogP contribution >= 0.6 is 0 Å². The Bertz CT molecular complexity index is 1420. The van der Waals surface area contributed by atoms with E-state index in [-0.39, 0.29) is 88.1 Å². The number of carbonyl (C=O) groups excluding carboxylic acids is 5. The van der Waals surface area contributed by atoms with Gasteiger partial charge in [-0.3, -0.25) is 28.9 Å². The van der Waals surface area contributed by atoms with Crippen LogP contribution in [-0.4, -0.2) is 146 Å². The maximum atomic E-state index is 12.8. The van der Waals surface area contributed by atoms with Crippen LogP contribution in [0.5, 0.6) is 5.75 Å². The number of nitrogens with zero attached hydrogens (tertiary/aromatic N) is 1. The van der Waals surface area contributed by atoms with Crippen LogP contribution in [-0.2, 0) is 63.8 Å². The lowest BCUT2D eigenvalue weighted by molar-refractivity contribution is -0.255. The van der Waals surface area contributed by atoms with Crippen LogP contribution in [0, 0.1) is 5.92 Å². The van der Waals surface area contributed by atoms with Crippen molar-refractivity contribution < 1.29 is 77.2 Å². The largest absolute Gasteiger partial charge is 0.479 e. The van der Waals surface area contributed by atoms with Crippen LogP contribution in [0.25, 0.3) is 0 Å². The molecule has 0 aliphatic carbocycles. The van der Waals surface area contributed by atoms with Gasteiger partial charge in [0.15, 0.2) is 6.10 Å². The molecule has 1 aromatic carbocycles. The molecule has 2 aliphatic rings. The third-order valence-corrected chi connectivity index (χ3v) is 7.80. The van der Waals surface area contributed by atoms with E-state index in [2.05, 4.69) is 10.6 Å². The molecule has 0 radical (unpaired) electrons. The molecule has 2 aliphatic heterocycles. The second kappa shape index (κ2) is 22.5. The van der Waals surface area contributed by atoms with Crippen LogP contribution < -0.4 is 15.4 Å². The van der Waals surface area contributed by atoms with E-state index in [1.54, 1.807) is 0 Å². The van der Waals surface area contributed by atoms with Crippen LogP contribution in [0.1, 0.15) is 32.3 Å². The normalized spacial score (nSPS) is 21.1. The first-order valence-electron chi connectivity index (χ1n) is 17.0. The van der Waals surface area contributed by atoms with Gasteiger partial charge in [-0.25, -0.2) is 4.79 Å². The lowest BCUT2D eigenvalue weighted by Crippen LogP contribution is -2.57. The predicted molar refractivity (Wildman–Crippen MR) is 180 cm³/mol. The number of carboxylic acids is 1. The number of carboxylic acid groups (broad SMARTS) is 1. The van der Waals surface area contributed by atoms with Crippen molar-refractivity contribution in [1.82, 2.24) is 10.2 Å². The van der Waals surface area contributed by atoms with Gasteiger partial charge in [0, 0.05) is 44.4 Å². The van der Waals surface area contributed by atoms with Gasteiger partial charge in [-0.05, 0) is 17.7 Å². The number of aliphatic carboxylic acids is 1. The second-order valence-corrected chi connectivity index (χ2v) is 11.8. The fourth-order valence-electron chi connectivity index (χ4n) is 4.91. The number of hydrogen-bond acceptors (Lipinski definition) is 15. The average molecular weight is 754 g/mol. The first-order chi connectivity index (χ1) is 25.4. The summed E-state index contributed by atoms with van der Waals surface area (Å²) in [7, 11) is 0. The van der Waals surface area contributed by atoms with Gasteiger partial charge in [0.25, 0.3) is 11.8 Å². The van der Waals surface area contributed by atoms with E-state index in [1.165, 1.54) is 44.2 Å². The Labute approximate surface area is 305 Å². The minimum atomic E-state index is -1.60. The molecular weight excluding hydrogens is 706 g/mol. The topological polar surface area (TPSA) is 255 Å². The molecule has 1 fully saturated rings. The number of esters is 1. The summed E-state index contributed by atoms with van der Waals surface area (Å²) in [6.45, 7) is 4.84. The number of carbonyl (C=O) groups is 6. The molecule has 2 heterocycles. The molecule has 5 atom stereocenters. The Balaban J connectivity index is 1.29. The molecule has 19 nitrogen and oxygen atoms in total.